The van der Waals surface area contributed by atoms with E-state index < -0.39 is 6.04 Å². The molecule has 2 unspecified atom stereocenters. The van der Waals surface area contributed by atoms with Crippen molar-refractivity contribution in [3.8, 4) is 0 Å². The molecule has 138 valence electrons. The van der Waals surface area contributed by atoms with Crippen molar-refractivity contribution in [3.05, 3.63) is 0 Å². The van der Waals surface area contributed by atoms with Gasteiger partial charge in [-0.05, 0) is 43.9 Å². The molecule has 2 heterocycles. The first-order valence-electron chi connectivity index (χ1n) is 8.89. The highest BCUT2D eigenvalue weighted by molar-refractivity contribution is 5.85. The molecule has 2 amide bonds. The van der Waals surface area contributed by atoms with Crippen LogP contribution in [0.15, 0.2) is 0 Å². The Morgan fingerprint density at radius 1 is 1.12 bits per heavy atom. The zero-order valence-corrected chi connectivity index (χ0v) is 15.4. The van der Waals surface area contributed by atoms with Crippen LogP contribution in [-0.2, 0) is 14.3 Å². The number of hydrogen-bond acceptors (Lipinski definition) is 4. The molecule has 1 saturated carbocycles. The average molecular weight is 360 g/mol. The summed E-state index contributed by atoms with van der Waals surface area (Å²) in [4.78, 5) is 28.8. The molecular formula is C17H30ClN3O3. The number of nitrogens with zero attached hydrogens (tertiary/aromatic N) is 2. The molecule has 3 fully saturated rings. The van der Waals surface area contributed by atoms with Crippen molar-refractivity contribution >= 4 is 24.2 Å². The highest BCUT2D eigenvalue weighted by Gasteiger charge is 2.59. The van der Waals surface area contributed by atoms with Gasteiger partial charge in [0.1, 0.15) is 6.04 Å². The highest BCUT2D eigenvalue weighted by atomic mass is 35.5. The number of likely N-dealkylation sites (tertiary alicyclic amines) is 2. The molecule has 0 bridgehead atoms. The smallest absolute Gasteiger partial charge is 0.241 e. The third-order valence-electron chi connectivity index (χ3n) is 5.89. The molecule has 2 N–H and O–H groups in total. The van der Waals surface area contributed by atoms with Gasteiger partial charge in [0, 0.05) is 39.2 Å². The van der Waals surface area contributed by atoms with Crippen molar-refractivity contribution in [2.75, 3.05) is 39.9 Å². The number of hydrogen-bond donors (Lipinski definition) is 1. The Morgan fingerprint density at radius 3 is 2.33 bits per heavy atom. The van der Waals surface area contributed by atoms with Crippen molar-refractivity contribution in [2.24, 2.45) is 17.1 Å². The van der Waals surface area contributed by atoms with Crippen LogP contribution >= 0.6 is 12.4 Å². The van der Waals surface area contributed by atoms with Crippen LogP contribution in [0.4, 0.5) is 0 Å². The summed E-state index contributed by atoms with van der Waals surface area (Å²) in [5, 5.41) is 0. The Bertz CT molecular complexity index is 460. The van der Waals surface area contributed by atoms with E-state index >= 15 is 0 Å². The van der Waals surface area contributed by atoms with Gasteiger partial charge in [-0.15, -0.1) is 12.4 Å². The number of amides is 2. The molecule has 7 heteroatoms. The van der Waals surface area contributed by atoms with E-state index in [0.29, 0.717) is 5.91 Å². The average Bonchev–Trinajstić information content (AvgIpc) is 3.28. The second kappa shape index (κ2) is 8.02. The molecule has 24 heavy (non-hydrogen) atoms. The molecule has 1 spiro atoms. The Morgan fingerprint density at radius 2 is 1.75 bits per heavy atom. The molecule has 2 aliphatic heterocycles. The number of halogens is 1. The lowest BCUT2D eigenvalue weighted by Crippen LogP contribution is -2.49. The molecule has 0 aromatic heterocycles. The number of piperidine rings is 2. The Labute approximate surface area is 150 Å². The van der Waals surface area contributed by atoms with E-state index in [9.17, 15) is 9.59 Å². The first kappa shape index (κ1) is 19.5. The van der Waals surface area contributed by atoms with E-state index in [1.165, 1.54) is 6.42 Å². The van der Waals surface area contributed by atoms with Crippen LogP contribution < -0.4 is 5.73 Å². The van der Waals surface area contributed by atoms with Crippen LogP contribution in [0.2, 0.25) is 0 Å². The van der Waals surface area contributed by atoms with E-state index in [1.54, 1.807) is 7.11 Å². The number of rotatable bonds is 4. The summed E-state index contributed by atoms with van der Waals surface area (Å²) in [7, 11) is 1.55. The highest BCUT2D eigenvalue weighted by Crippen LogP contribution is 2.60. The standard InChI is InChI=1S/C17H29N3O3.ClH/c1-23-12-14(18)16(22)20-9-5-17(6-10-20)11-13(17)15(21)19-7-3-2-4-8-19;/h13-14H,2-12,18H2,1H3;1H. The topological polar surface area (TPSA) is 75.9 Å². The van der Waals surface area contributed by atoms with Crippen molar-refractivity contribution in [1.82, 2.24) is 9.80 Å². The Kier molecular flexibility index (Phi) is 6.51. The Balaban J connectivity index is 0.00000208. The van der Waals surface area contributed by atoms with Crippen LogP contribution in [0.3, 0.4) is 0 Å². The second-order valence-corrected chi connectivity index (χ2v) is 7.39. The first-order valence-corrected chi connectivity index (χ1v) is 8.89. The summed E-state index contributed by atoms with van der Waals surface area (Å²) in [6, 6.07) is -0.570. The lowest BCUT2D eigenvalue weighted by atomic mass is 9.90. The van der Waals surface area contributed by atoms with Crippen molar-refractivity contribution in [3.63, 3.8) is 0 Å². The summed E-state index contributed by atoms with van der Waals surface area (Å²) >= 11 is 0. The predicted molar refractivity (Wildman–Crippen MR) is 93.9 cm³/mol. The van der Waals surface area contributed by atoms with Crippen LogP contribution in [-0.4, -0.2) is 67.6 Å². The lowest BCUT2D eigenvalue weighted by molar-refractivity contribution is -0.136. The molecule has 6 nitrogen and oxygen atoms in total. The molecular weight excluding hydrogens is 330 g/mol. The van der Waals surface area contributed by atoms with E-state index in [1.807, 2.05) is 4.90 Å². The fraction of sp³-hybridized carbons (Fsp3) is 0.882. The minimum Gasteiger partial charge on any atom is -0.383 e. The largest absolute Gasteiger partial charge is 0.383 e. The third-order valence-corrected chi connectivity index (χ3v) is 5.89. The molecule has 3 aliphatic rings. The maximum Gasteiger partial charge on any atom is 0.241 e. The maximum absolute atomic E-state index is 12.7. The van der Waals surface area contributed by atoms with E-state index in [-0.39, 0.29) is 36.3 Å². The van der Waals surface area contributed by atoms with Crippen LogP contribution in [0.25, 0.3) is 0 Å². The van der Waals surface area contributed by atoms with E-state index in [0.717, 1.165) is 58.3 Å². The zero-order valence-electron chi connectivity index (χ0n) is 14.5. The van der Waals surface area contributed by atoms with Crippen LogP contribution in [0.5, 0.6) is 0 Å². The van der Waals surface area contributed by atoms with Gasteiger partial charge >= 0.3 is 0 Å². The first-order chi connectivity index (χ1) is 11.1. The minimum absolute atomic E-state index is 0. The molecule has 2 saturated heterocycles. The number of carbonyl (C=O) groups excluding carboxylic acids is 2. The number of methoxy groups -OCH3 is 1. The molecule has 2 atom stereocenters. The number of nitrogens with two attached hydrogens (primary N) is 1. The molecule has 0 radical (unpaired) electrons. The zero-order chi connectivity index (χ0) is 16.4. The van der Waals surface area contributed by atoms with Gasteiger partial charge in [-0.3, -0.25) is 9.59 Å². The van der Waals surface area contributed by atoms with Gasteiger partial charge in [-0.1, -0.05) is 0 Å². The van der Waals surface area contributed by atoms with Crippen molar-refractivity contribution in [2.45, 2.75) is 44.6 Å². The van der Waals surface area contributed by atoms with Crippen LogP contribution in [0, 0.1) is 11.3 Å². The van der Waals surface area contributed by atoms with Gasteiger partial charge in [0.25, 0.3) is 0 Å². The minimum atomic E-state index is -0.570. The van der Waals surface area contributed by atoms with Gasteiger partial charge < -0.3 is 20.3 Å². The summed E-state index contributed by atoms with van der Waals surface area (Å²) in [5.41, 5.74) is 6.00. The molecule has 0 aromatic carbocycles. The van der Waals surface area contributed by atoms with E-state index in [2.05, 4.69) is 4.90 Å². The summed E-state index contributed by atoms with van der Waals surface area (Å²) in [6.07, 6.45) is 6.41. The number of ether oxygens (including phenoxy) is 1. The van der Waals surface area contributed by atoms with Gasteiger partial charge in [0.2, 0.25) is 11.8 Å². The number of carbonyl (C=O) groups is 2. The summed E-state index contributed by atoms with van der Waals surface area (Å²) in [5.74, 6) is 0.535. The summed E-state index contributed by atoms with van der Waals surface area (Å²) in [6.45, 7) is 3.57. The molecule has 3 rings (SSSR count). The third kappa shape index (κ3) is 3.86. The fourth-order valence-electron chi connectivity index (χ4n) is 4.24. The Hall–Kier alpha value is -0.850. The molecule has 1 aliphatic carbocycles. The second-order valence-electron chi connectivity index (χ2n) is 7.39. The van der Waals surface area contributed by atoms with Crippen molar-refractivity contribution < 1.29 is 14.3 Å². The van der Waals surface area contributed by atoms with Gasteiger partial charge in [0.05, 0.1) is 6.61 Å². The SMILES string of the molecule is COCC(N)C(=O)N1CCC2(CC1)CC2C(=O)N1CCCCC1.Cl. The summed E-state index contributed by atoms with van der Waals surface area (Å²) < 4.78 is 4.96. The van der Waals surface area contributed by atoms with Gasteiger partial charge in [0.15, 0.2) is 0 Å². The molecule has 0 aromatic rings. The van der Waals surface area contributed by atoms with Crippen molar-refractivity contribution in [1.29, 1.82) is 0 Å². The lowest BCUT2D eigenvalue weighted by Gasteiger charge is -2.35. The van der Waals surface area contributed by atoms with Gasteiger partial charge in [-0.2, -0.15) is 0 Å². The quantitative estimate of drug-likeness (QED) is 0.813. The van der Waals surface area contributed by atoms with Gasteiger partial charge in [-0.25, -0.2) is 0 Å². The predicted octanol–water partition coefficient (Wildman–Crippen LogP) is 1.02. The normalized spacial score (nSPS) is 26.7. The maximum atomic E-state index is 12.7. The van der Waals surface area contributed by atoms with E-state index in [4.69, 9.17) is 10.5 Å². The monoisotopic (exact) mass is 359 g/mol. The fourth-order valence-corrected chi connectivity index (χ4v) is 4.24. The van der Waals surface area contributed by atoms with Crippen LogP contribution in [0.1, 0.15) is 38.5 Å².